The Morgan fingerprint density at radius 3 is 2.53 bits per heavy atom. The molecule has 2 aromatic heterocycles. The Balaban J connectivity index is 1.46. The summed E-state index contributed by atoms with van der Waals surface area (Å²) in [5, 5.41) is 9.49. The van der Waals surface area contributed by atoms with Crippen LogP contribution in [0.15, 0.2) is 91.4 Å². The Morgan fingerprint density at radius 2 is 1.75 bits per heavy atom. The van der Waals surface area contributed by atoms with Crippen LogP contribution >= 0.6 is 0 Å². The number of hydrogen-bond acceptors (Lipinski definition) is 4. The van der Waals surface area contributed by atoms with E-state index >= 15 is 0 Å². The maximum Gasteiger partial charge on any atom is 0.274 e. The molecule has 0 saturated carbocycles. The minimum absolute atomic E-state index is 0.129. The lowest BCUT2D eigenvalue weighted by Gasteiger charge is -2.11. The Morgan fingerprint density at radius 1 is 0.938 bits per heavy atom. The Bertz CT molecular complexity index is 1270. The summed E-state index contributed by atoms with van der Waals surface area (Å²) < 4.78 is 15.5. The van der Waals surface area contributed by atoms with Gasteiger partial charge in [0.25, 0.3) is 5.91 Å². The topological polar surface area (TPSA) is 88.9 Å². The number of nitrogens with zero attached hydrogens (tertiary/aromatic N) is 3. The van der Waals surface area contributed by atoms with Crippen molar-refractivity contribution in [1.29, 1.82) is 0 Å². The number of amides is 2. The lowest BCUT2D eigenvalue weighted by Crippen LogP contribution is -2.16. The van der Waals surface area contributed by atoms with Crippen molar-refractivity contribution in [2.24, 2.45) is 0 Å². The third kappa shape index (κ3) is 5.11. The van der Waals surface area contributed by atoms with Crippen LogP contribution in [0.1, 0.15) is 16.1 Å². The fourth-order valence-corrected chi connectivity index (χ4v) is 2.90. The van der Waals surface area contributed by atoms with Gasteiger partial charge in [-0.15, -0.1) is 0 Å². The second-order valence-electron chi connectivity index (χ2n) is 6.74. The van der Waals surface area contributed by atoms with Gasteiger partial charge in [0.15, 0.2) is 0 Å². The molecule has 2 aromatic carbocycles. The number of halogens is 1. The van der Waals surface area contributed by atoms with Crippen LogP contribution in [-0.4, -0.2) is 26.6 Å². The highest BCUT2D eigenvalue weighted by molar-refractivity contribution is 6.08. The first kappa shape index (κ1) is 20.7. The summed E-state index contributed by atoms with van der Waals surface area (Å²) in [4.78, 5) is 28.8. The number of carbonyl (C=O) groups is 2. The maximum atomic E-state index is 13.8. The van der Waals surface area contributed by atoms with Gasteiger partial charge in [-0.25, -0.2) is 9.07 Å². The van der Waals surface area contributed by atoms with E-state index in [-0.39, 0.29) is 17.1 Å². The molecule has 0 aliphatic carbocycles. The minimum Gasteiger partial charge on any atom is -0.321 e. The van der Waals surface area contributed by atoms with Crippen LogP contribution in [0.3, 0.4) is 0 Å². The second-order valence-corrected chi connectivity index (χ2v) is 6.74. The number of carbonyl (C=O) groups excluding carboxylic acids is 2. The average Bonchev–Trinajstić information content (AvgIpc) is 3.30. The lowest BCUT2D eigenvalue weighted by atomic mass is 10.2. The molecule has 0 aliphatic rings. The van der Waals surface area contributed by atoms with Crippen molar-refractivity contribution >= 4 is 29.3 Å². The van der Waals surface area contributed by atoms with Crippen molar-refractivity contribution < 1.29 is 14.0 Å². The fraction of sp³-hybridized carbons (Fsp3) is 0. The molecule has 0 aliphatic heterocycles. The predicted molar refractivity (Wildman–Crippen MR) is 120 cm³/mol. The summed E-state index contributed by atoms with van der Waals surface area (Å²) in [6.45, 7) is 0. The molecular weight excluding hydrogens is 409 g/mol. The van der Waals surface area contributed by atoms with Crippen LogP contribution in [-0.2, 0) is 4.79 Å². The molecule has 0 radical (unpaired) electrons. The van der Waals surface area contributed by atoms with Gasteiger partial charge in [0.05, 0.1) is 23.3 Å². The number of aromatic nitrogens is 3. The van der Waals surface area contributed by atoms with Crippen molar-refractivity contribution in [3.8, 4) is 5.69 Å². The second kappa shape index (κ2) is 9.48. The van der Waals surface area contributed by atoms with E-state index in [2.05, 4.69) is 20.7 Å². The highest BCUT2D eigenvalue weighted by Gasteiger charge is 2.12. The van der Waals surface area contributed by atoms with E-state index < -0.39 is 17.6 Å². The molecule has 2 N–H and O–H groups in total. The molecular formula is C24H18FN5O2. The van der Waals surface area contributed by atoms with Crippen molar-refractivity contribution in [2.45, 2.75) is 0 Å². The monoisotopic (exact) mass is 427 g/mol. The van der Waals surface area contributed by atoms with Crippen molar-refractivity contribution in [2.75, 3.05) is 10.6 Å². The first-order valence-electron chi connectivity index (χ1n) is 9.69. The Hall–Kier alpha value is -4.59. The first-order chi connectivity index (χ1) is 15.6. The molecule has 2 heterocycles. The van der Waals surface area contributed by atoms with Crippen LogP contribution in [0, 0.1) is 5.82 Å². The van der Waals surface area contributed by atoms with Crippen molar-refractivity contribution in [3.63, 3.8) is 0 Å². The summed E-state index contributed by atoms with van der Waals surface area (Å²) >= 11 is 0. The van der Waals surface area contributed by atoms with E-state index in [1.54, 1.807) is 41.4 Å². The molecule has 2 amide bonds. The summed E-state index contributed by atoms with van der Waals surface area (Å²) in [6, 6.07) is 18.2. The summed E-state index contributed by atoms with van der Waals surface area (Å²) in [6.07, 6.45) is 7.79. The number of pyridine rings is 1. The molecule has 0 bridgehead atoms. The smallest absolute Gasteiger partial charge is 0.274 e. The van der Waals surface area contributed by atoms with E-state index in [0.29, 0.717) is 5.56 Å². The normalized spacial score (nSPS) is 10.8. The largest absolute Gasteiger partial charge is 0.321 e. The summed E-state index contributed by atoms with van der Waals surface area (Å²) in [5.41, 5.74) is 2.19. The third-order valence-corrected chi connectivity index (χ3v) is 4.44. The number of benzene rings is 2. The number of para-hydroxylation sites is 1. The number of rotatable bonds is 6. The van der Waals surface area contributed by atoms with Crippen molar-refractivity contribution in [1.82, 2.24) is 14.8 Å². The molecule has 158 valence electrons. The van der Waals surface area contributed by atoms with Gasteiger partial charge in [0, 0.05) is 24.0 Å². The zero-order valence-electron chi connectivity index (χ0n) is 16.8. The molecule has 0 saturated heterocycles. The zero-order chi connectivity index (χ0) is 22.3. The zero-order valence-corrected chi connectivity index (χ0v) is 16.8. The van der Waals surface area contributed by atoms with E-state index in [9.17, 15) is 14.0 Å². The number of anilines is 2. The highest BCUT2D eigenvalue weighted by atomic mass is 19.1. The van der Waals surface area contributed by atoms with E-state index in [1.165, 1.54) is 24.4 Å². The molecule has 0 fully saturated rings. The fourth-order valence-electron chi connectivity index (χ4n) is 2.90. The molecule has 7 nitrogen and oxygen atoms in total. The lowest BCUT2D eigenvalue weighted by molar-refractivity contribution is -0.111. The van der Waals surface area contributed by atoms with Crippen LogP contribution in [0.4, 0.5) is 15.8 Å². The molecule has 0 unspecified atom stereocenters. The molecule has 0 spiro atoms. The highest BCUT2D eigenvalue weighted by Crippen LogP contribution is 2.23. The molecule has 4 rings (SSSR count). The maximum absolute atomic E-state index is 13.8. The third-order valence-electron chi connectivity index (χ3n) is 4.44. The van der Waals surface area contributed by atoms with Gasteiger partial charge in [0.2, 0.25) is 5.91 Å². The van der Waals surface area contributed by atoms with Gasteiger partial charge in [-0.3, -0.25) is 14.6 Å². The molecule has 0 atom stereocenters. The summed E-state index contributed by atoms with van der Waals surface area (Å²) in [7, 11) is 0. The van der Waals surface area contributed by atoms with Gasteiger partial charge in [-0.2, -0.15) is 5.10 Å². The molecule has 32 heavy (non-hydrogen) atoms. The van der Waals surface area contributed by atoms with Crippen LogP contribution in [0.2, 0.25) is 0 Å². The van der Waals surface area contributed by atoms with Gasteiger partial charge in [0.1, 0.15) is 11.5 Å². The number of hydrogen-bond donors (Lipinski definition) is 2. The summed E-state index contributed by atoms with van der Waals surface area (Å²) in [5.74, 6) is -1.52. The van der Waals surface area contributed by atoms with E-state index in [4.69, 9.17) is 0 Å². The van der Waals surface area contributed by atoms with Gasteiger partial charge < -0.3 is 10.6 Å². The Kier molecular flexibility index (Phi) is 6.12. The first-order valence-corrected chi connectivity index (χ1v) is 9.69. The SMILES string of the molecule is O=C(C=Cc1cnn(-c2ccccc2)c1)Nc1cc(F)ccc1NC(=O)c1ccccn1. The van der Waals surface area contributed by atoms with Crippen LogP contribution in [0.5, 0.6) is 0 Å². The number of nitrogens with one attached hydrogen (secondary N) is 2. The standard InChI is InChI=1S/C24H18FN5O2/c25-18-10-11-20(29-24(32)21-8-4-5-13-26-21)22(14-18)28-23(31)12-9-17-15-27-30(16-17)19-6-2-1-3-7-19/h1-16H,(H,28,31)(H,29,32). The average molecular weight is 427 g/mol. The Labute approximate surface area is 183 Å². The van der Waals surface area contributed by atoms with E-state index in [1.807, 2.05) is 30.3 Å². The van der Waals surface area contributed by atoms with Crippen LogP contribution in [0.25, 0.3) is 11.8 Å². The van der Waals surface area contributed by atoms with Crippen molar-refractivity contribution in [3.05, 3.63) is 108 Å². The van der Waals surface area contributed by atoms with E-state index in [0.717, 1.165) is 11.8 Å². The van der Waals surface area contributed by atoms with Crippen LogP contribution < -0.4 is 10.6 Å². The van der Waals surface area contributed by atoms with Gasteiger partial charge in [-0.1, -0.05) is 24.3 Å². The molecule has 4 aromatic rings. The predicted octanol–water partition coefficient (Wildman–Crippen LogP) is 4.31. The van der Waals surface area contributed by atoms with Gasteiger partial charge in [-0.05, 0) is 48.5 Å². The molecule has 8 heteroatoms. The quantitative estimate of drug-likeness (QED) is 0.449. The van der Waals surface area contributed by atoms with Gasteiger partial charge >= 0.3 is 0 Å². The minimum atomic E-state index is -0.552.